The first kappa shape index (κ1) is 11.8. The Hall–Kier alpha value is -0.720. The molecule has 0 fully saturated rings. The second kappa shape index (κ2) is 5.07. The van der Waals surface area contributed by atoms with E-state index in [4.69, 9.17) is 0 Å². The summed E-state index contributed by atoms with van der Waals surface area (Å²) in [5, 5.41) is 9.70. The first-order chi connectivity index (χ1) is 7.66. The number of hydrogen-bond acceptors (Lipinski definition) is 4. The number of aromatic nitrogens is 3. The topological polar surface area (TPSA) is 42.7 Å². The molecule has 1 atom stereocenters. The van der Waals surface area contributed by atoms with Gasteiger partial charge in [-0.05, 0) is 34.3 Å². The molecule has 86 valence electrons. The van der Waals surface area contributed by atoms with E-state index in [2.05, 4.69) is 49.7 Å². The summed E-state index contributed by atoms with van der Waals surface area (Å²) < 4.78 is 2.87. The van der Waals surface area contributed by atoms with Crippen LogP contribution in [0, 0.1) is 0 Å². The Balaban J connectivity index is 1.93. The molecule has 2 rings (SSSR count). The lowest BCUT2D eigenvalue weighted by Crippen LogP contribution is -2.18. The Bertz CT molecular complexity index is 465. The number of rotatable bonds is 4. The van der Waals surface area contributed by atoms with E-state index in [0.717, 1.165) is 10.3 Å². The van der Waals surface area contributed by atoms with Crippen molar-refractivity contribution in [2.24, 2.45) is 7.05 Å². The van der Waals surface area contributed by atoms with E-state index < -0.39 is 0 Å². The molecule has 2 heterocycles. The third-order valence-electron chi connectivity index (χ3n) is 2.25. The number of halogens is 1. The quantitative estimate of drug-likeness (QED) is 0.943. The smallest absolute Gasteiger partial charge is 0.164 e. The summed E-state index contributed by atoms with van der Waals surface area (Å²) in [6.45, 7) is 2.83. The van der Waals surface area contributed by atoms with Crippen LogP contribution in [0.5, 0.6) is 0 Å². The van der Waals surface area contributed by atoms with E-state index in [-0.39, 0.29) is 0 Å². The third-order valence-corrected chi connectivity index (χ3v) is 4.30. The number of thiophene rings is 1. The molecule has 6 heteroatoms. The fraction of sp³-hybridized carbons (Fsp3) is 0.400. The van der Waals surface area contributed by atoms with Gasteiger partial charge in [0, 0.05) is 22.4 Å². The number of nitrogens with one attached hydrogen (secondary N) is 1. The molecule has 4 nitrogen and oxygen atoms in total. The fourth-order valence-electron chi connectivity index (χ4n) is 1.42. The molecule has 0 bridgehead atoms. The van der Waals surface area contributed by atoms with Gasteiger partial charge in [-0.25, -0.2) is 4.98 Å². The van der Waals surface area contributed by atoms with Gasteiger partial charge in [0.05, 0.1) is 6.54 Å². The maximum Gasteiger partial charge on any atom is 0.164 e. The van der Waals surface area contributed by atoms with Crippen LogP contribution < -0.4 is 5.32 Å². The molecular formula is C10H13BrN4S. The maximum absolute atomic E-state index is 4.22. The van der Waals surface area contributed by atoms with Crippen LogP contribution in [0.15, 0.2) is 22.2 Å². The highest BCUT2D eigenvalue weighted by atomic mass is 79.9. The SMILES string of the molecule is CC(NCc1ncn(C)n1)c1sccc1Br. The zero-order valence-corrected chi connectivity index (χ0v) is 11.5. The number of nitrogens with zero attached hydrogens (tertiary/aromatic N) is 3. The van der Waals surface area contributed by atoms with E-state index in [9.17, 15) is 0 Å². The van der Waals surface area contributed by atoms with Crippen molar-refractivity contribution in [3.63, 3.8) is 0 Å². The second-order valence-corrected chi connectivity index (χ2v) is 5.37. The minimum absolute atomic E-state index is 0.304. The summed E-state index contributed by atoms with van der Waals surface area (Å²) in [5.41, 5.74) is 0. The molecule has 0 saturated carbocycles. The van der Waals surface area contributed by atoms with Crippen molar-refractivity contribution < 1.29 is 0 Å². The van der Waals surface area contributed by atoms with Crippen molar-refractivity contribution in [1.29, 1.82) is 0 Å². The van der Waals surface area contributed by atoms with Crippen molar-refractivity contribution in [2.75, 3.05) is 0 Å². The average Bonchev–Trinajstić information content (AvgIpc) is 2.84. The summed E-state index contributed by atoms with van der Waals surface area (Å²) >= 11 is 5.27. The Morgan fingerprint density at radius 2 is 2.44 bits per heavy atom. The van der Waals surface area contributed by atoms with E-state index in [1.165, 1.54) is 4.88 Å². The minimum atomic E-state index is 0.304. The molecule has 16 heavy (non-hydrogen) atoms. The minimum Gasteiger partial charge on any atom is -0.302 e. The van der Waals surface area contributed by atoms with Crippen LogP contribution in [0.2, 0.25) is 0 Å². The fourth-order valence-corrected chi connectivity index (χ4v) is 3.17. The van der Waals surface area contributed by atoms with Gasteiger partial charge < -0.3 is 5.32 Å². The monoisotopic (exact) mass is 300 g/mol. The highest BCUT2D eigenvalue weighted by Crippen LogP contribution is 2.28. The molecule has 2 aromatic heterocycles. The highest BCUT2D eigenvalue weighted by molar-refractivity contribution is 9.10. The van der Waals surface area contributed by atoms with Crippen LogP contribution in [-0.4, -0.2) is 14.8 Å². The summed E-state index contributed by atoms with van der Waals surface area (Å²) in [6.07, 6.45) is 1.71. The van der Waals surface area contributed by atoms with Crippen molar-refractivity contribution in [3.05, 3.63) is 32.9 Å². The molecule has 0 aromatic carbocycles. The highest BCUT2D eigenvalue weighted by Gasteiger charge is 2.10. The average molecular weight is 301 g/mol. The first-order valence-corrected chi connectivity index (χ1v) is 6.65. The Morgan fingerprint density at radius 3 is 3.00 bits per heavy atom. The maximum atomic E-state index is 4.22. The predicted octanol–water partition coefficient (Wildman–Crippen LogP) is 2.49. The molecule has 1 N–H and O–H groups in total. The van der Waals surface area contributed by atoms with Crippen molar-refractivity contribution in [3.8, 4) is 0 Å². The Labute approximate surface area is 107 Å². The molecule has 0 radical (unpaired) electrons. The normalized spacial score (nSPS) is 12.9. The van der Waals surface area contributed by atoms with Crippen LogP contribution in [0.25, 0.3) is 0 Å². The molecule has 0 amide bonds. The Morgan fingerprint density at radius 1 is 1.62 bits per heavy atom. The molecular weight excluding hydrogens is 288 g/mol. The molecule has 0 aliphatic rings. The van der Waals surface area contributed by atoms with Gasteiger partial charge in [-0.3, -0.25) is 4.68 Å². The van der Waals surface area contributed by atoms with Crippen LogP contribution >= 0.6 is 27.3 Å². The molecule has 0 aliphatic carbocycles. The lowest BCUT2D eigenvalue weighted by atomic mass is 10.3. The van der Waals surface area contributed by atoms with Crippen molar-refractivity contribution >= 4 is 27.3 Å². The van der Waals surface area contributed by atoms with Gasteiger partial charge in [0.15, 0.2) is 5.82 Å². The first-order valence-electron chi connectivity index (χ1n) is 4.97. The van der Waals surface area contributed by atoms with Crippen LogP contribution in [-0.2, 0) is 13.6 Å². The van der Waals surface area contributed by atoms with Gasteiger partial charge in [-0.1, -0.05) is 0 Å². The molecule has 0 saturated heterocycles. The zero-order chi connectivity index (χ0) is 11.5. The molecule has 2 aromatic rings. The zero-order valence-electron chi connectivity index (χ0n) is 9.14. The largest absolute Gasteiger partial charge is 0.302 e. The van der Waals surface area contributed by atoms with Crippen molar-refractivity contribution in [2.45, 2.75) is 19.5 Å². The standard InChI is InChI=1S/C10H13BrN4S/c1-7(10-8(11)3-4-16-10)12-5-9-13-6-15(2)14-9/h3-4,6-7,12H,5H2,1-2H3. The van der Waals surface area contributed by atoms with Gasteiger partial charge >= 0.3 is 0 Å². The van der Waals surface area contributed by atoms with Crippen LogP contribution in [0.3, 0.4) is 0 Å². The van der Waals surface area contributed by atoms with Gasteiger partial charge in [0.1, 0.15) is 6.33 Å². The van der Waals surface area contributed by atoms with E-state index in [1.807, 2.05) is 7.05 Å². The molecule has 0 aliphatic heterocycles. The summed E-state index contributed by atoms with van der Waals surface area (Å²) in [7, 11) is 1.87. The predicted molar refractivity (Wildman–Crippen MR) is 68.3 cm³/mol. The van der Waals surface area contributed by atoms with Gasteiger partial charge in [-0.2, -0.15) is 5.10 Å². The number of aryl methyl sites for hydroxylation is 1. The number of hydrogen-bond donors (Lipinski definition) is 1. The van der Waals surface area contributed by atoms with Gasteiger partial charge in [0.25, 0.3) is 0 Å². The van der Waals surface area contributed by atoms with Crippen LogP contribution in [0.1, 0.15) is 23.7 Å². The molecule has 0 spiro atoms. The van der Waals surface area contributed by atoms with Crippen LogP contribution in [0.4, 0.5) is 0 Å². The third kappa shape index (κ3) is 2.69. The summed E-state index contributed by atoms with van der Waals surface area (Å²) in [4.78, 5) is 5.47. The van der Waals surface area contributed by atoms with E-state index in [0.29, 0.717) is 12.6 Å². The lowest BCUT2D eigenvalue weighted by Gasteiger charge is -2.11. The lowest BCUT2D eigenvalue weighted by molar-refractivity contribution is 0.562. The second-order valence-electron chi connectivity index (χ2n) is 3.57. The van der Waals surface area contributed by atoms with E-state index in [1.54, 1.807) is 22.3 Å². The summed E-state index contributed by atoms with van der Waals surface area (Å²) in [5.74, 6) is 0.821. The Kier molecular flexibility index (Phi) is 3.73. The van der Waals surface area contributed by atoms with Gasteiger partial charge in [0.2, 0.25) is 0 Å². The van der Waals surface area contributed by atoms with Gasteiger partial charge in [-0.15, -0.1) is 11.3 Å². The van der Waals surface area contributed by atoms with E-state index >= 15 is 0 Å². The summed E-state index contributed by atoms with van der Waals surface area (Å²) in [6, 6.07) is 2.37. The van der Waals surface area contributed by atoms with Crippen molar-refractivity contribution in [1.82, 2.24) is 20.1 Å². The molecule has 1 unspecified atom stereocenters.